The first-order chi connectivity index (χ1) is 16.8. The van der Waals surface area contributed by atoms with E-state index in [1.165, 1.54) is 46.8 Å². The van der Waals surface area contributed by atoms with Crippen LogP contribution in [0.1, 0.15) is 36.6 Å². The smallest absolute Gasteiger partial charge is 0.416 e. The summed E-state index contributed by atoms with van der Waals surface area (Å²) < 4.78 is 85.1. The van der Waals surface area contributed by atoms with Crippen molar-refractivity contribution in [2.45, 2.75) is 43.6 Å². The molecule has 0 radical (unpaired) electrons. The van der Waals surface area contributed by atoms with Gasteiger partial charge < -0.3 is 9.84 Å². The van der Waals surface area contributed by atoms with Gasteiger partial charge in [-0.25, -0.2) is 17.6 Å². The second-order valence-corrected chi connectivity index (χ2v) is 10.1. The second kappa shape index (κ2) is 10.7. The van der Waals surface area contributed by atoms with Crippen LogP contribution in [0.4, 0.5) is 17.6 Å². The van der Waals surface area contributed by atoms with Crippen LogP contribution in [0.25, 0.3) is 0 Å². The van der Waals surface area contributed by atoms with Gasteiger partial charge in [0.2, 0.25) is 16.1 Å². The van der Waals surface area contributed by atoms with E-state index in [1.807, 2.05) is 0 Å². The van der Waals surface area contributed by atoms with Crippen LogP contribution < -0.4 is 4.74 Å². The molecule has 11 heteroatoms. The fourth-order valence-electron chi connectivity index (χ4n) is 3.42. The first kappa shape index (κ1) is 27.2. The number of sulfonamides is 1. The van der Waals surface area contributed by atoms with Crippen molar-refractivity contribution >= 4 is 16.0 Å². The summed E-state index contributed by atoms with van der Waals surface area (Å²) in [6.45, 7) is 3.34. The molecule has 0 amide bonds. The van der Waals surface area contributed by atoms with Crippen LogP contribution in [-0.4, -0.2) is 29.8 Å². The van der Waals surface area contributed by atoms with E-state index >= 15 is 0 Å². The molecular formula is C25H23F4NO5S. The highest BCUT2D eigenvalue weighted by Crippen LogP contribution is 2.32. The molecule has 3 rings (SSSR count). The number of alkyl halides is 3. The Balaban J connectivity index is 1.81. The molecule has 0 fully saturated rings. The van der Waals surface area contributed by atoms with Gasteiger partial charge in [0.15, 0.2) is 0 Å². The molecule has 0 aromatic heterocycles. The number of hydrogen-bond acceptors (Lipinski definition) is 4. The van der Waals surface area contributed by atoms with Gasteiger partial charge in [-0.2, -0.15) is 17.5 Å². The molecule has 3 aromatic carbocycles. The van der Waals surface area contributed by atoms with E-state index in [2.05, 4.69) is 0 Å². The highest BCUT2D eigenvalue weighted by Gasteiger charge is 2.32. The van der Waals surface area contributed by atoms with Crippen molar-refractivity contribution in [1.29, 1.82) is 0 Å². The molecule has 1 unspecified atom stereocenters. The third-order valence-electron chi connectivity index (χ3n) is 5.25. The molecule has 6 nitrogen and oxygen atoms in total. The molecule has 0 aliphatic heterocycles. The van der Waals surface area contributed by atoms with Crippen molar-refractivity contribution in [2.24, 2.45) is 0 Å². The summed E-state index contributed by atoms with van der Waals surface area (Å²) in [5.74, 6) is -1.97. The van der Waals surface area contributed by atoms with Crippen LogP contribution in [0.2, 0.25) is 0 Å². The van der Waals surface area contributed by atoms with Gasteiger partial charge in [0.25, 0.3) is 0 Å². The van der Waals surface area contributed by atoms with Crippen molar-refractivity contribution < 1.29 is 40.6 Å². The number of nitrogens with zero attached hydrogens (tertiary/aromatic N) is 1. The summed E-state index contributed by atoms with van der Waals surface area (Å²) in [6.07, 6.45) is -6.33. The Morgan fingerprint density at radius 3 is 2.14 bits per heavy atom. The topological polar surface area (TPSA) is 83.9 Å². The van der Waals surface area contributed by atoms with Gasteiger partial charge in [-0.15, -0.1) is 0 Å². The molecule has 1 atom stereocenters. The Morgan fingerprint density at radius 1 is 1.00 bits per heavy atom. The fourth-order valence-corrected chi connectivity index (χ4v) is 5.04. The average Bonchev–Trinajstić information content (AvgIpc) is 2.81. The third-order valence-corrected chi connectivity index (χ3v) is 7.29. The number of hydrogen-bond donors (Lipinski definition) is 1. The molecule has 0 spiro atoms. The molecule has 1 N–H and O–H groups in total. The zero-order valence-corrected chi connectivity index (χ0v) is 20.1. The lowest BCUT2D eigenvalue weighted by Gasteiger charge is -2.26. The van der Waals surface area contributed by atoms with Gasteiger partial charge in [0.1, 0.15) is 11.6 Å². The van der Waals surface area contributed by atoms with Gasteiger partial charge in [-0.05, 0) is 67.9 Å². The van der Waals surface area contributed by atoms with Crippen LogP contribution in [0.3, 0.4) is 0 Å². The van der Waals surface area contributed by atoms with Crippen molar-refractivity contribution in [2.75, 3.05) is 0 Å². The molecule has 36 heavy (non-hydrogen) atoms. The molecule has 0 saturated heterocycles. The van der Waals surface area contributed by atoms with Crippen LogP contribution in [-0.2, 0) is 27.5 Å². The molecule has 3 aromatic rings. The number of carbonyl (C=O) groups is 1. The molecule has 0 bridgehead atoms. The number of carboxylic acids is 1. The third kappa shape index (κ3) is 6.41. The SMILES string of the molecule is CC(C)N(Cc1ccc(OC(C(=O)O)c2cccc(C(F)(F)F)c2)cc1)S(=O)(=O)c1ccc(F)cc1. The van der Waals surface area contributed by atoms with E-state index < -0.39 is 45.7 Å². The number of ether oxygens (including phenoxy) is 1. The standard InChI is InChI=1S/C25H23F4NO5S/c1-16(2)30(36(33,34)22-12-8-20(26)9-13-22)15-17-6-10-21(11-7-17)35-23(24(31)32)18-4-3-5-19(14-18)25(27,28)29/h3-14,16,23H,15H2,1-2H3,(H,31,32). The van der Waals surface area contributed by atoms with Gasteiger partial charge in [-0.1, -0.05) is 24.3 Å². The number of halogens is 4. The molecular weight excluding hydrogens is 502 g/mol. The Bertz CT molecular complexity index is 1310. The van der Waals surface area contributed by atoms with Gasteiger partial charge in [0.05, 0.1) is 10.5 Å². The van der Waals surface area contributed by atoms with Gasteiger partial charge in [0, 0.05) is 18.2 Å². The van der Waals surface area contributed by atoms with Crippen LogP contribution in [0.5, 0.6) is 5.75 Å². The summed E-state index contributed by atoms with van der Waals surface area (Å²) in [5, 5.41) is 9.53. The second-order valence-electron chi connectivity index (χ2n) is 8.20. The summed E-state index contributed by atoms with van der Waals surface area (Å²) in [7, 11) is -3.94. The fraction of sp³-hybridized carbons (Fsp3) is 0.240. The Hall–Kier alpha value is -3.44. The monoisotopic (exact) mass is 525 g/mol. The Morgan fingerprint density at radius 2 is 1.61 bits per heavy atom. The van der Waals surface area contributed by atoms with E-state index in [4.69, 9.17) is 4.74 Å². The summed E-state index contributed by atoms with van der Waals surface area (Å²) in [4.78, 5) is 11.6. The van der Waals surface area contributed by atoms with Crippen molar-refractivity contribution in [1.82, 2.24) is 4.31 Å². The summed E-state index contributed by atoms with van der Waals surface area (Å²) >= 11 is 0. The van der Waals surface area contributed by atoms with Crippen LogP contribution in [0.15, 0.2) is 77.7 Å². The lowest BCUT2D eigenvalue weighted by atomic mass is 10.1. The molecule has 192 valence electrons. The van der Waals surface area contributed by atoms with E-state index in [1.54, 1.807) is 13.8 Å². The first-order valence-corrected chi connectivity index (χ1v) is 12.2. The summed E-state index contributed by atoms with van der Waals surface area (Å²) in [6, 6.07) is 13.8. The highest BCUT2D eigenvalue weighted by atomic mass is 32.2. The average molecular weight is 526 g/mol. The maximum absolute atomic E-state index is 13.2. The lowest BCUT2D eigenvalue weighted by molar-refractivity contribution is -0.146. The predicted octanol–water partition coefficient (Wildman–Crippen LogP) is 5.65. The van der Waals surface area contributed by atoms with Crippen LogP contribution >= 0.6 is 0 Å². The van der Waals surface area contributed by atoms with E-state index in [9.17, 15) is 35.9 Å². The maximum Gasteiger partial charge on any atom is 0.416 e. The van der Waals surface area contributed by atoms with E-state index in [-0.39, 0.29) is 22.8 Å². The lowest BCUT2D eigenvalue weighted by Crippen LogP contribution is -2.36. The molecule has 0 heterocycles. The quantitative estimate of drug-likeness (QED) is 0.365. The summed E-state index contributed by atoms with van der Waals surface area (Å²) in [5.41, 5.74) is -0.633. The number of aliphatic carboxylic acids is 1. The zero-order chi connectivity index (χ0) is 26.7. The molecule has 0 aliphatic rings. The Kier molecular flexibility index (Phi) is 8.05. The van der Waals surface area contributed by atoms with Crippen molar-refractivity contribution in [3.05, 3.63) is 95.3 Å². The minimum Gasteiger partial charge on any atom is -0.478 e. The molecule has 0 saturated carbocycles. The van der Waals surface area contributed by atoms with E-state index in [0.29, 0.717) is 11.6 Å². The van der Waals surface area contributed by atoms with E-state index in [0.717, 1.165) is 24.3 Å². The Labute approximate surface area is 205 Å². The minimum absolute atomic E-state index is 0.0341. The predicted molar refractivity (Wildman–Crippen MR) is 123 cm³/mol. The van der Waals surface area contributed by atoms with Gasteiger partial charge in [-0.3, -0.25) is 0 Å². The van der Waals surface area contributed by atoms with Crippen molar-refractivity contribution in [3.8, 4) is 5.75 Å². The normalized spacial score (nSPS) is 13.1. The zero-order valence-electron chi connectivity index (χ0n) is 19.2. The highest BCUT2D eigenvalue weighted by molar-refractivity contribution is 7.89. The maximum atomic E-state index is 13.2. The number of carboxylic acid groups (broad SMARTS) is 1. The minimum atomic E-state index is -4.64. The van der Waals surface area contributed by atoms with Crippen LogP contribution in [0, 0.1) is 5.82 Å². The van der Waals surface area contributed by atoms with Gasteiger partial charge >= 0.3 is 12.1 Å². The number of rotatable bonds is 9. The number of benzene rings is 3. The van der Waals surface area contributed by atoms with Crippen molar-refractivity contribution in [3.63, 3.8) is 0 Å². The first-order valence-electron chi connectivity index (χ1n) is 10.7. The molecule has 0 aliphatic carbocycles. The largest absolute Gasteiger partial charge is 0.478 e.